The zero-order chi connectivity index (χ0) is 40.0. The van der Waals surface area contributed by atoms with E-state index in [4.69, 9.17) is 4.79 Å². The molecule has 1 radical (unpaired) electrons. The van der Waals surface area contributed by atoms with Gasteiger partial charge in [0.2, 0.25) is 0 Å². The zero-order valence-corrected chi connectivity index (χ0v) is 40.3. The van der Waals surface area contributed by atoms with Crippen molar-refractivity contribution in [3.05, 3.63) is 243 Å². The van der Waals surface area contributed by atoms with E-state index < -0.39 is 0 Å². The Bertz CT molecular complexity index is 1790. The summed E-state index contributed by atoms with van der Waals surface area (Å²) < 4.78 is 0. The van der Waals surface area contributed by atoms with Crippen molar-refractivity contribution in [3.8, 4) is 0 Å². The first-order valence-corrected chi connectivity index (χ1v) is 25.7. The van der Waals surface area contributed by atoms with Gasteiger partial charge in [-0.05, 0) is 98.8 Å². The number of benzene rings is 8. The number of rotatable bonds is 14. The molecule has 0 aliphatic heterocycles. The summed E-state index contributed by atoms with van der Waals surface area (Å²) in [6.07, 6.45) is 4.83. The predicted octanol–water partition coefficient (Wildman–Crippen LogP) is 7.32. The van der Waals surface area contributed by atoms with Crippen LogP contribution in [-0.4, -0.2) is 31.4 Å². The van der Waals surface area contributed by atoms with Crippen molar-refractivity contribution >= 4 is 80.9 Å². The van der Waals surface area contributed by atoms with E-state index in [0.717, 1.165) is 0 Å². The molecular formula is C53H50ClIrOP4-. The summed E-state index contributed by atoms with van der Waals surface area (Å²) in [6.45, 7) is 2.00. The van der Waals surface area contributed by atoms with Crippen LogP contribution in [0.3, 0.4) is 0 Å². The topological polar surface area (TPSA) is 17.1 Å². The fourth-order valence-electron chi connectivity index (χ4n) is 6.89. The van der Waals surface area contributed by atoms with Crippen LogP contribution in [0.4, 0.5) is 0 Å². The Kier molecular flexibility index (Phi) is 22.6. The smallest absolute Gasteiger partial charge is 0.106 e. The standard InChI is InChI=1S/2C26H24P2.CH2O.ClH.Ir/c2*1-5-13-23(14-6-1)27(24-15-7-2-8-16-24)21-22-28(25-17-9-3-10-18-25)26-19-11-4-12-20-26;1-2;;/h2*1-20H,21-22H2;1H2;1H;/p-1. The van der Waals surface area contributed by atoms with E-state index in [1.165, 1.54) is 67.1 Å². The Balaban J connectivity index is 0.000000246. The van der Waals surface area contributed by atoms with Gasteiger partial charge in [-0.15, -0.1) is 0 Å². The maximum Gasteiger partial charge on any atom is 0.106 e. The molecule has 7 heteroatoms. The predicted molar refractivity (Wildman–Crippen MR) is 263 cm³/mol. The van der Waals surface area contributed by atoms with Crippen molar-refractivity contribution in [2.24, 2.45) is 0 Å². The molecule has 0 bridgehead atoms. The van der Waals surface area contributed by atoms with Crippen LogP contribution in [0.2, 0.25) is 0 Å². The van der Waals surface area contributed by atoms with Crippen LogP contribution in [0, 0.1) is 0 Å². The van der Waals surface area contributed by atoms with Gasteiger partial charge >= 0.3 is 0 Å². The first kappa shape index (κ1) is 48.8. The third-order valence-electron chi connectivity index (χ3n) is 9.64. The molecule has 1 nitrogen and oxygen atoms in total. The van der Waals surface area contributed by atoms with E-state index in [2.05, 4.69) is 243 Å². The van der Waals surface area contributed by atoms with Gasteiger partial charge < -0.3 is 17.2 Å². The van der Waals surface area contributed by atoms with Gasteiger partial charge in [0.1, 0.15) is 6.79 Å². The van der Waals surface area contributed by atoms with E-state index in [-0.39, 0.29) is 64.2 Å². The van der Waals surface area contributed by atoms with Gasteiger partial charge in [0.15, 0.2) is 0 Å². The van der Waals surface area contributed by atoms with E-state index >= 15 is 0 Å². The molecule has 0 aromatic heterocycles. The molecule has 0 N–H and O–H groups in total. The van der Waals surface area contributed by atoms with E-state index in [1.54, 1.807) is 0 Å². The average Bonchev–Trinajstić information content (AvgIpc) is 3.32. The third kappa shape index (κ3) is 14.6. The van der Waals surface area contributed by atoms with Gasteiger partial charge in [-0.3, -0.25) is 0 Å². The van der Waals surface area contributed by atoms with Crippen LogP contribution in [0.1, 0.15) is 0 Å². The van der Waals surface area contributed by atoms with E-state index in [0.29, 0.717) is 0 Å². The Morgan fingerprint density at radius 3 is 0.433 bits per heavy atom. The SMILES string of the molecule is C=O.[Cl-].[Ir].c1ccc(P(CCP(c2ccccc2)c2ccccc2)c2ccccc2)cc1.c1ccc(P(CCP(c2ccccc2)c2ccccc2)c2ccccc2)cc1. The van der Waals surface area contributed by atoms with Crippen molar-refractivity contribution in [1.29, 1.82) is 0 Å². The van der Waals surface area contributed by atoms with Gasteiger partial charge in [-0.1, -0.05) is 243 Å². The molecular weight excluding hydrogens is 1000 g/mol. The van der Waals surface area contributed by atoms with Crippen molar-refractivity contribution < 1.29 is 37.3 Å². The quantitative estimate of drug-likeness (QED) is 0.105. The van der Waals surface area contributed by atoms with Crippen molar-refractivity contribution in [2.75, 3.05) is 24.6 Å². The van der Waals surface area contributed by atoms with Crippen LogP contribution in [0.15, 0.2) is 243 Å². The van der Waals surface area contributed by atoms with Crippen molar-refractivity contribution in [3.63, 3.8) is 0 Å². The molecule has 0 amide bonds. The molecule has 0 saturated carbocycles. The van der Waals surface area contributed by atoms with Crippen LogP contribution >= 0.6 is 31.7 Å². The molecule has 0 unspecified atom stereocenters. The van der Waals surface area contributed by atoms with Crippen molar-refractivity contribution in [1.82, 2.24) is 0 Å². The van der Waals surface area contributed by atoms with Crippen LogP contribution < -0.4 is 54.8 Å². The van der Waals surface area contributed by atoms with Gasteiger partial charge in [0.05, 0.1) is 0 Å². The number of carbonyl (C=O) groups excluding carboxylic acids is 1. The molecule has 0 heterocycles. The normalized spacial score (nSPS) is 10.4. The largest absolute Gasteiger partial charge is 1.00 e. The first-order chi connectivity index (χ1) is 28.8. The summed E-state index contributed by atoms with van der Waals surface area (Å²) in [5.41, 5.74) is 0. The van der Waals surface area contributed by atoms with Gasteiger partial charge in [0, 0.05) is 20.1 Å². The Morgan fingerprint density at radius 1 is 0.233 bits per heavy atom. The van der Waals surface area contributed by atoms with Gasteiger partial charge in [-0.25, -0.2) is 0 Å². The molecule has 60 heavy (non-hydrogen) atoms. The summed E-state index contributed by atoms with van der Waals surface area (Å²) in [5, 5.41) is 11.8. The van der Waals surface area contributed by atoms with Gasteiger partial charge in [-0.2, -0.15) is 0 Å². The summed E-state index contributed by atoms with van der Waals surface area (Å²) in [7, 11) is -1.39. The fourth-order valence-corrected chi connectivity index (χ4v) is 17.6. The third-order valence-corrected chi connectivity index (χ3v) is 20.4. The molecule has 0 saturated heterocycles. The molecule has 8 aromatic carbocycles. The molecule has 8 rings (SSSR count). The monoisotopic (exact) mass is 1050 g/mol. The Labute approximate surface area is 382 Å². The molecule has 305 valence electrons. The Hall–Kier alpha value is -3.91. The summed E-state index contributed by atoms with van der Waals surface area (Å²) in [6, 6.07) is 88.4. The number of hydrogen-bond donors (Lipinski definition) is 0. The van der Waals surface area contributed by atoms with Gasteiger partial charge in [0.25, 0.3) is 0 Å². The second-order valence-electron chi connectivity index (χ2n) is 13.3. The minimum atomic E-state index is -0.348. The molecule has 8 aromatic rings. The molecule has 0 aliphatic carbocycles. The second-order valence-corrected chi connectivity index (χ2v) is 22.6. The maximum atomic E-state index is 8.00. The fraction of sp³-hybridized carbons (Fsp3) is 0.0755. The second kappa shape index (κ2) is 27.8. The number of carbonyl (C=O) groups is 1. The summed E-state index contributed by atoms with van der Waals surface area (Å²) in [5.74, 6) is 0. The zero-order valence-electron chi connectivity index (χ0n) is 33.5. The summed E-state index contributed by atoms with van der Waals surface area (Å²) in [4.78, 5) is 8.00. The number of hydrogen-bond acceptors (Lipinski definition) is 1. The molecule has 0 fully saturated rings. The summed E-state index contributed by atoms with van der Waals surface area (Å²) >= 11 is 0. The minimum absolute atomic E-state index is 0. The van der Waals surface area contributed by atoms with Crippen LogP contribution in [-0.2, 0) is 24.9 Å². The van der Waals surface area contributed by atoms with Crippen LogP contribution in [0.5, 0.6) is 0 Å². The van der Waals surface area contributed by atoms with Crippen molar-refractivity contribution in [2.45, 2.75) is 0 Å². The average molecular weight is 1050 g/mol. The maximum absolute atomic E-state index is 8.00. The van der Waals surface area contributed by atoms with Crippen LogP contribution in [0.25, 0.3) is 0 Å². The first-order valence-electron chi connectivity index (χ1n) is 19.6. The minimum Gasteiger partial charge on any atom is -1.00 e. The molecule has 0 atom stereocenters. The molecule has 0 spiro atoms. The molecule has 0 aliphatic rings. The number of halogens is 1. The van der Waals surface area contributed by atoms with E-state index in [9.17, 15) is 0 Å². The Morgan fingerprint density at radius 2 is 0.333 bits per heavy atom. The van der Waals surface area contributed by atoms with E-state index in [1.807, 2.05) is 6.79 Å².